The molecule has 4 saturated carbocycles. The molecule has 2 amide bonds. The fourth-order valence-electron chi connectivity index (χ4n) is 10.9. The highest BCUT2D eigenvalue weighted by atomic mass is 32.2. The molecule has 1 aromatic carbocycles. The number of urea groups is 1. The molecule has 4 aliphatic rings. The number of benzene rings is 1. The molecule has 4 aliphatic carbocycles. The number of hydrogen-bond acceptors (Lipinski definition) is 5. The zero-order valence-electron chi connectivity index (χ0n) is 28.6. The number of amides is 2. The average molecular weight is 646 g/mol. The van der Waals surface area contributed by atoms with E-state index in [2.05, 4.69) is 63.2 Å². The Morgan fingerprint density at radius 1 is 0.978 bits per heavy atom. The molecule has 8 nitrogen and oxygen atoms in total. The molecule has 254 valence electrons. The van der Waals surface area contributed by atoms with E-state index in [1.807, 2.05) is 12.1 Å². The minimum Gasteiger partial charge on any atom is -0.393 e. The Balaban J connectivity index is 1.16. The summed E-state index contributed by atoms with van der Waals surface area (Å²) in [4.78, 5) is 12.6. The molecule has 0 spiro atoms. The largest absolute Gasteiger partial charge is 0.393 e. The van der Waals surface area contributed by atoms with Gasteiger partial charge in [-0.25, -0.2) is 9.52 Å². The van der Waals surface area contributed by atoms with Crippen molar-refractivity contribution in [3.63, 3.8) is 0 Å². The Hall–Kier alpha value is -1.84. The van der Waals surface area contributed by atoms with Crippen LogP contribution in [0.15, 0.2) is 24.3 Å². The lowest BCUT2D eigenvalue weighted by Gasteiger charge is -2.64. The summed E-state index contributed by atoms with van der Waals surface area (Å²) in [5, 5.41) is 25.3. The highest BCUT2D eigenvalue weighted by Crippen LogP contribution is 2.69. The van der Waals surface area contributed by atoms with Crippen molar-refractivity contribution in [1.29, 1.82) is 0 Å². The standard InChI is InChI=1S/C36H59N3O5S/c1-8-26-30-21-25(40)15-18-36(30,7)29-16-19-35(6)27(13-14-28(35)31(29)32(26)41)22(2)17-20-37-33(42)39-45(43,44)38-24-11-9-23(10-12-24)34(3,4)5/h9-12,22,25-32,38,40-41H,8,13-21H2,1-7H3,(H2,37,39,42)/t22-,25-,26-,27-,28+,29+,30+,31+,32-,35-,36-/m1/s1. The molecular weight excluding hydrogens is 586 g/mol. The van der Waals surface area contributed by atoms with Crippen LogP contribution >= 0.6 is 0 Å². The lowest BCUT2D eigenvalue weighted by molar-refractivity contribution is -0.203. The first-order chi connectivity index (χ1) is 21.0. The van der Waals surface area contributed by atoms with Crippen molar-refractivity contribution in [1.82, 2.24) is 10.0 Å². The van der Waals surface area contributed by atoms with Crippen LogP contribution in [-0.2, 0) is 15.6 Å². The Morgan fingerprint density at radius 2 is 1.62 bits per heavy atom. The number of aliphatic hydroxyl groups excluding tert-OH is 2. The highest BCUT2D eigenvalue weighted by Gasteiger charge is 2.64. The predicted molar refractivity (Wildman–Crippen MR) is 180 cm³/mol. The second-order valence-electron chi connectivity index (χ2n) is 16.7. The van der Waals surface area contributed by atoms with Crippen LogP contribution in [0.4, 0.5) is 10.5 Å². The monoisotopic (exact) mass is 645 g/mol. The average Bonchev–Trinajstić information content (AvgIpc) is 3.30. The third kappa shape index (κ3) is 6.64. The maximum Gasteiger partial charge on any atom is 0.329 e. The minimum absolute atomic E-state index is 0.0413. The van der Waals surface area contributed by atoms with E-state index in [-0.39, 0.29) is 34.4 Å². The summed E-state index contributed by atoms with van der Waals surface area (Å²) in [6, 6.07) is 6.45. The molecule has 9 heteroatoms. The lowest BCUT2D eigenvalue weighted by Crippen LogP contribution is -2.62. The van der Waals surface area contributed by atoms with Crippen LogP contribution in [0.25, 0.3) is 0 Å². The molecule has 0 aromatic heterocycles. The van der Waals surface area contributed by atoms with Crippen molar-refractivity contribution in [3.05, 3.63) is 29.8 Å². The third-order valence-corrected chi connectivity index (χ3v) is 14.2. The summed E-state index contributed by atoms with van der Waals surface area (Å²) in [6.45, 7) is 16.1. The normalized spacial score (nSPS) is 38.8. The van der Waals surface area contributed by atoms with Gasteiger partial charge < -0.3 is 15.5 Å². The lowest BCUT2D eigenvalue weighted by atomic mass is 9.41. The van der Waals surface area contributed by atoms with Gasteiger partial charge in [0.2, 0.25) is 0 Å². The van der Waals surface area contributed by atoms with Gasteiger partial charge >= 0.3 is 16.2 Å². The van der Waals surface area contributed by atoms with Gasteiger partial charge in [0.05, 0.1) is 17.9 Å². The number of fused-ring (bicyclic) bond motifs is 5. The van der Waals surface area contributed by atoms with Gasteiger partial charge in [-0.2, -0.15) is 8.42 Å². The van der Waals surface area contributed by atoms with E-state index in [1.54, 1.807) is 12.1 Å². The van der Waals surface area contributed by atoms with E-state index in [9.17, 15) is 23.4 Å². The predicted octanol–water partition coefficient (Wildman–Crippen LogP) is 6.59. The molecule has 5 N–H and O–H groups in total. The Labute approximate surface area is 272 Å². The maximum absolute atomic E-state index is 12.6. The zero-order valence-corrected chi connectivity index (χ0v) is 29.4. The van der Waals surface area contributed by atoms with Gasteiger partial charge in [0.15, 0.2) is 0 Å². The van der Waals surface area contributed by atoms with E-state index < -0.39 is 16.2 Å². The molecule has 0 heterocycles. The molecule has 1 aromatic rings. The van der Waals surface area contributed by atoms with E-state index in [1.165, 1.54) is 0 Å². The van der Waals surface area contributed by atoms with E-state index >= 15 is 0 Å². The van der Waals surface area contributed by atoms with Gasteiger partial charge in [-0.05, 0) is 127 Å². The molecule has 0 radical (unpaired) electrons. The molecule has 45 heavy (non-hydrogen) atoms. The van der Waals surface area contributed by atoms with Gasteiger partial charge in [-0.1, -0.05) is 67.0 Å². The van der Waals surface area contributed by atoms with Crippen molar-refractivity contribution in [3.8, 4) is 0 Å². The Kier molecular flexibility index (Phi) is 9.69. The van der Waals surface area contributed by atoms with Crippen molar-refractivity contribution in [2.45, 2.75) is 124 Å². The van der Waals surface area contributed by atoms with Crippen LogP contribution in [0.3, 0.4) is 0 Å². The van der Waals surface area contributed by atoms with Crippen LogP contribution in [0.2, 0.25) is 0 Å². The van der Waals surface area contributed by atoms with Gasteiger partial charge in [-0.3, -0.25) is 4.72 Å². The first kappa shape index (κ1) is 34.5. The second kappa shape index (κ2) is 12.6. The molecule has 0 aliphatic heterocycles. The van der Waals surface area contributed by atoms with E-state index in [0.717, 1.165) is 63.4 Å². The second-order valence-corrected chi connectivity index (χ2v) is 18.1. The summed E-state index contributed by atoms with van der Waals surface area (Å²) >= 11 is 0. The number of rotatable bonds is 8. The third-order valence-electron chi connectivity index (χ3n) is 13.3. The van der Waals surface area contributed by atoms with Gasteiger partial charge in [0.25, 0.3) is 0 Å². The fraction of sp³-hybridized carbons (Fsp3) is 0.806. The molecule has 0 unspecified atom stereocenters. The van der Waals surface area contributed by atoms with Crippen LogP contribution in [0.1, 0.15) is 112 Å². The number of aliphatic hydroxyl groups is 2. The summed E-state index contributed by atoms with van der Waals surface area (Å²) in [6.07, 6.45) is 8.55. The smallest absolute Gasteiger partial charge is 0.329 e. The molecule has 4 fully saturated rings. The van der Waals surface area contributed by atoms with Crippen LogP contribution in [0.5, 0.6) is 0 Å². The molecular formula is C36H59N3O5S. The van der Waals surface area contributed by atoms with Crippen LogP contribution in [-0.4, -0.2) is 43.4 Å². The Morgan fingerprint density at radius 3 is 2.27 bits per heavy atom. The van der Waals surface area contributed by atoms with Crippen molar-refractivity contribution >= 4 is 21.9 Å². The minimum atomic E-state index is -4.06. The fourth-order valence-corrected chi connectivity index (χ4v) is 11.7. The number of anilines is 1. The van der Waals surface area contributed by atoms with E-state index in [0.29, 0.717) is 47.7 Å². The zero-order chi connectivity index (χ0) is 32.9. The van der Waals surface area contributed by atoms with Gasteiger partial charge in [0, 0.05) is 6.54 Å². The highest BCUT2D eigenvalue weighted by molar-refractivity contribution is 7.91. The summed E-state index contributed by atoms with van der Waals surface area (Å²) < 4.78 is 29.7. The quantitative estimate of drug-likeness (QED) is 0.218. The van der Waals surface area contributed by atoms with Crippen molar-refractivity contribution in [2.24, 2.45) is 52.3 Å². The first-order valence-corrected chi connectivity index (χ1v) is 19.0. The summed E-state index contributed by atoms with van der Waals surface area (Å²) in [5.74, 6) is 2.83. The van der Waals surface area contributed by atoms with Crippen LogP contribution < -0.4 is 14.8 Å². The molecule has 11 atom stereocenters. The van der Waals surface area contributed by atoms with E-state index in [4.69, 9.17) is 0 Å². The summed E-state index contributed by atoms with van der Waals surface area (Å²) in [5.41, 5.74) is 1.79. The Bertz CT molecular complexity index is 1310. The molecule has 5 rings (SSSR count). The van der Waals surface area contributed by atoms with Crippen LogP contribution in [0, 0.1) is 52.3 Å². The number of hydrogen-bond donors (Lipinski definition) is 5. The topological polar surface area (TPSA) is 128 Å². The van der Waals surface area contributed by atoms with Gasteiger partial charge in [-0.15, -0.1) is 0 Å². The number of nitrogens with one attached hydrogen (secondary N) is 3. The SMILES string of the molecule is CC[C@H]1[C@@H](O)[C@@H]2[C@H](CC[C@]3(C)[C@@H]([C@H](C)CCNC(=O)NS(=O)(=O)Nc4ccc(C(C)(C)C)cc4)CC[C@@H]23)[C@@]2(C)CC[C@@H](O)C[C@@H]12. The number of carbonyl (C=O) groups is 1. The molecule has 0 saturated heterocycles. The number of carbonyl (C=O) groups excluding carboxylic acids is 1. The van der Waals surface area contributed by atoms with Gasteiger partial charge in [0.1, 0.15) is 0 Å². The van der Waals surface area contributed by atoms with Crippen molar-refractivity contribution in [2.75, 3.05) is 11.3 Å². The maximum atomic E-state index is 12.6. The molecule has 0 bridgehead atoms. The summed E-state index contributed by atoms with van der Waals surface area (Å²) in [7, 11) is -4.06. The first-order valence-electron chi connectivity index (χ1n) is 17.5. The van der Waals surface area contributed by atoms with Crippen molar-refractivity contribution < 1.29 is 23.4 Å².